The fraction of sp³-hybridized carbons (Fsp3) is 0.0833. The largest absolute Gasteiger partial charge is 0.296 e. The third-order valence-electron chi connectivity index (χ3n) is 2.27. The number of rotatable bonds is 2. The first-order chi connectivity index (χ1) is 8.18. The lowest BCUT2D eigenvalue weighted by Crippen LogP contribution is -2.27. The molecule has 17 heavy (non-hydrogen) atoms. The molecule has 0 saturated heterocycles. The van der Waals surface area contributed by atoms with Gasteiger partial charge in [-0.3, -0.25) is 9.69 Å². The molecule has 0 aliphatic carbocycles. The fourth-order valence-corrected chi connectivity index (χ4v) is 1.39. The van der Waals surface area contributed by atoms with Crippen LogP contribution in [0.5, 0.6) is 0 Å². The van der Waals surface area contributed by atoms with Crippen LogP contribution in [0.15, 0.2) is 42.7 Å². The number of pyridine rings is 2. The second kappa shape index (κ2) is 4.69. The van der Waals surface area contributed by atoms with Crippen molar-refractivity contribution in [1.29, 1.82) is 0 Å². The molecule has 2 aromatic rings. The molecule has 0 aliphatic heterocycles. The van der Waals surface area contributed by atoms with Crippen molar-refractivity contribution in [3.8, 4) is 0 Å². The van der Waals surface area contributed by atoms with Gasteiger partial charge in [0.2, 0.25) is 5.95 Å². The highest BCUT2D eigenvalue weighted by Gasteiger charge is 2.14. The summed E-state index contributed by atoms with van der Waals surface area (Å²) in [6.45, 7) is 0. The monoisotopic (exact) mass is 231 g/mol. The van der Waals surface area contributed by atoms with Crippen LogP contribution >= 0.6 is 0 Å². The molecule has 2 rings (SSSR count). The Morgan fingerprint density at radius 2 is 2.06 bits per heavy atom. The van der Waals surface area contributed by atoms with Crippen molar-refractivity contribution in [2.45, 2.75) is 0 Å². The lowest BCUT2D eigenvalue weighted by molar-refractivity contribution is 0.0991. The van der Waals surface area contributed by atoms with Gasteiger partial charge in [-0.05, 0) is 18.2 Å². The summed E-state index contributed by atoms with van der Waals surface area (Å²) in [5, 5.41) is 0. The van der Waals surface area contributed by atoms with Crippen molar-refractivity contribution in [2.75, 3.05) is 11.9 Å². The Bertz CT molecular complexity index is 530. The maximum absolute atomic E-state index is 12.9. The molecule has 2 heterocycles. The average Bonchev–Trinajstić information content (AvgIpc) is 2.38. The number of halogens is 1. The summed E-state index contributed by atoms with van der Waals surface area (Å²) in [4.78, 5) is 20.8. The molecule has 2 aromatic heterocycles. The van der Waals surface area contributed by atoms with E-state index in [0.717, 1.165) is 6.07 Å². The number of anilines is 1. The third-order valence-corrected chi connectivity index (χ3v) is 2.27. The molecular weight excluding hydrogens is 221 g/mol. The number of carbonyl (C=O) groups is 1. The SMILES string of the molecule is CN(C(=O)c1ccnc(F)c1)c1ccccn1. The van der Waals surface area contributed by atoms with Crippen LogP contribution < -0.4 is 4.90 Å². The predicted octanol–water partition coefficient (Wildman–Crippen LogP) is 1.89. The quantitative estimate of drug-likeness (QED) is 0.741. The van der Waals surface area contributed by atoms with E-state index in [4.69, 9.17) is 0 Å². The summed E-state index contributed by atoms with van der Waals surface area (Å²) in [5.41, 5.74) is 0.241. The molecule has 5 heteroatoms. The van der Waals surface area contributed by atoms with E-state index in [1.165, 1.54) is 17.2 Å². The van der Waals surface area contributed by atoms with Gasteiger partial charge in [0.15, 0.2) is 0 Å². The third kappa shape index (κ3) is 2.44. The Kier molecular flexibility index (Phi) is 3.09. The van der Waals surface area contributed by atoms with Gasteiger partial charge in [-0.25, -0.2) is 9.97 Å². The summed E-state index contributed by atoms with van der Waals surface area (Å²) >= 11 is 0. The van der Waals surface area contributed by atoms with Crippen molar-refractivity contribution in [1.82, 2.24) is 9.97 Å². The minimum atomic E-state index is -0.676. The molecule has 0 aliphatic rings. The highest BCUT2D eigenvalue weighted by Crippen LogP contribution is 2.11. The van der Waals surface area contributed by atoms with E-state index in [9.17, 15) is 9.18 Å². The zero-order chi connectivity index (χ0) is 12.3. The maximum atomic E-state index is 12.9. The Morgan fingerprint density at radius 1 is 1.24 bits per heavy atom. The van der Waals surface area contributed by atoms with E-state index >= 15 is 0 Å². The number of hydrogen-bond acceptors (Lipinski definition) is 3. The molecule has 1 amide bonds. The number of aromatic nitrogens is 2. The van der Waals surface area contributed by atoms with Crippen molar-refractivity contribution in [2.24, 2.45) is 0 Å². The van der Waals surface area contributed by atoms with Crippen molar-refractivity contribution >= 4 is 11.7 Å². The Hall–Kier alpha value is -2.30. The van der Waals surface area contributed by atoms with E-state index in [0.29, 0.717) is 5.82 Å². The zero-order valence-electron chi connectivity index (χ0n) is 9.17. The van der Waals surface area contributed by atoms with Gasteiger partial charge in [0, 0.05) is 31.1 Å². The fourth-order valence-electron chi connectivity index (χ4n) is 1.39. The molecule has 4 nitrogen and oxygen atoms in total. The smallest absolute Gasteiger partial charge is 0.259 e. The predicted molar refractivity (Wildman–Crippen MR) is 61.2 cm³/mol. The van der Waals surface area contributed by atoms with Gasteiger partial charge in [-0.15, -0.1) is 0 Å². The standard InChI is InChI=1S/C12H10FN3O/c1-16(11-4-2-3-6-15-11)12(17)9-5-7-14-10(13)8-9/h2-8H,1H3. The first-order valence-corrected chi connectivity index (χ1v) is 4.99. The summed E-state index contributed by atoms with van der Waals surface area (Å²) in [7, 11) is 1.59. The number of nitrogens with zero attached hydrogens (tertiary/aromatic N) is 3. The average molecular weight is 231 g/mol. The number of carbonyl (C=O) groups excluding carboxylic acids is 1. The van der Waals surface area contributed by atoms with Crippen LogP contribution in [0.3, 0.4) is 0 Å². The summed E-state index contributed by atoms with van der Waals surface area (Å²) < 4.78 is 12.9. The molecular formula is C12H10FN3O. The van der Waals surface area contributed by atoms with Crippen LogP contribution in [0.4, 0.5) is 10.2 Å². The van der Waals surface area contributed by atoms with Gasteiger partial charge in [0.05, 0.1) is 0 Å². The Morgan fingerprint density at radius 3 is 2.71 bits per heavy atom. The molecule has 0 unspecified atom stereocenters. The molecule has 0 spiro atoms. The lowest BCUT2D eigenvalue weighted by Gasteiger charge is -2.15. The number of hydrogen-bond donors (Lipinski definition) is 0. The highest BCUT2D eigenvalue weighted by molar-refractivity contribution is 6.05. The van der Waals surface area contributed by atoms with Crippen molar-refractivity contribution in [3.05, 3.63) is 54.2 Å². The highest BCUT2D eigenvalue weighted by atomic mass is 19.1. The summed E-state index contributed by atoms with van der Waals surface area (Å²) in [6, 6.07) is 7.80. The van der Waals surface area contributed by atoms with Crippen LogP contribution in [-0.2, 0) is 0 Å². The minimum Gasteiger partial charge on any atom is -0.296 e. The first kappa shape index (κ1) is 11.2. The first-order valence-electron chi connectivity index (χ1n) is 4.99. The minimum absolute atomic E-state index is 0.241. The lowest BCUT2D eigenvalue weighted by atomic mass is 10.2. The van der Waals surface area contributed by atoms with Crippen LogP contribution in [0, 0.1) is 5.95 Å². The van der Waals surface area contributed by atoms with Crippen LogP contribution in [0.2, 0.25) is 0 Å². The summed E-state index contributed by atoms with van der Waals surface area (Å²) in [6.07, 6.45) is 2.85. The maximum Gasteiger partial charge on any atom is 0.259 e. The molecule has 0 saturated carbocycles. The number of amides is 1. The van der Waals surface area contributed by atoms with Gasteiger partial charge in [0.1, 0.15) is 5.82 Å². The van der Waals surface area contributed by atoms with Gasteiger partial charge >= 0.3 is 0 Å². The van der Waals surface area contributed by atoms with E-state index in [1.807, 2.05) is 0 Å². The molecule has 0 fully saturated rings. The molecule has 0 radical (unpaired) electrons. The topological polar surface area (TPSA) is 46.1 Å². The summed E-state index contributed by atoms with van der Waals surface area (Å²) in [5.74, 6) is -0.495. The second-order valence-corrected chi connectivity index (χ2v) is 3.42. The van der Waals surface area contributed by atoms with Gasteiger partial charge in [-0.2, -0.15) is 4.39 Å². The zero-order valence-corrected chi connectivity index (χ0v) is 9.17. The van der Waals surface area contributed by atoms with Crippen LogP contribution in [0.25, 0.3) is 0 Å². The molecule has 0 atom stereocenters. The molecule has 0 aromatic carbocycles. The Labute approximate surface area is 97.7 Å². The van der Waals surface area contributed by atoms with Gasteiger partial charge < -0.3 is 0 Å². The molecule has 0 N–H and O–H groups in total. The van der Waals surface area contributed by atoms with E-state index in [-0.39, 0.29) is 11.5 Å². The van der Waals surface area contributed by atoms with E-state index < -0.39 is 5.95 Å². The van der Waals surface area contributed by atoms with Crippen LogP contribution in [-0.4, -0.2) is 22.9 Å². The van der Waals surface area contributed by atoms with E-state index in [2.05, 4.69) is 9.97 Å². The van der Waals surface area contributed by atoms with E-state index in [1.54, 1.807) is 31.4 Å². The van der Waals surface area contributed by atoms with Gasteiger partial charge in [-0.1, -0.05) is 6.07 Å². The normalized spacial score (nSPS) is 10.0. The van der Waals surface area contributed by atoms with Crippen molar-refractivity contribution < 1.29 is 9.18 Å². The van der Waals surface area contributed by atoms with Crippen LogP contribution in [0.1, 0.15) is 10.4 Å². The second-order valence-electron chi connectivity index (χ2n) is 3.42. The molecule has 86 valence electrons. The molecule has 0 bridgehead atoms. The van der Waals surface area contributed by atoms with Gasteiger partial charge in [0.25, 0.3) is 5.91 Å². The Balaban J connectivity index is 2.27. The van der Waals surface area contributed by atoms with Crippen molar-refractivity contribution in [3.63, 3.8) is 0 Å².